The second kappa shape index (κ2) is 13.8. The van der Waals surface area contributed by atoms with Gasteiger partial charge in [-0.3, -0.25) is 18.6 Å². The summed E-state index contributed by atoms with van der Waals surface area (Å²) in [5.74, 6) is -2.40. The van der Waals surface area contributed by atoms with Gasteiger partial charge in [-0.25, -0.2) is 14.5 Å². The van der Waals surface area contributed by atoms with Crippen LogP contribution in [0.5, 0.6) is 5.88 Å². The summed E-state index contributed by atoms with van der Waals surface area (Å²) in [6, 6.07) is 7.15. The number of carbonyl (C=O) groups excluding carboxylic acids is 4. The van der Waals surface area contributed by atoms with E-state index in [1.165, 1.54) is 11.0 Å². The number of carbonyl (C=O) groups is 4. The molecule has 1 saturated heterocycles. The number of aromatic nitrogens is 1. The molecule has 0 bridgehead atoms. The van der Waals surface area contributed by atoms with Crippen molar-refractivity contribution < 1.29 is 41.3 Å². The van der Waals surface area contributed by atoms with E-state index in [1.807, 2.05) is 35.1 Å². The van der Waals surface area contributed by atoms with Gasteiger partial charge in [-0.05, 0) is 67.9 Å². The third-order valence-corrected chi connectivity index (χ3v) is 10.7. The number of fused-ring (bicyclic) bond motifs is 1. The normalized spacial score (nSPS) is 25.8. The van der Waals surface area contributed by atoms with Crippen LogP contribution in [0.25, 0.3) is 10.8 Å². The molecule has 5 unspecified atom stereocenters. The van der Waals surface area contributed by atoms with Crippen molar-refractivity contribution in [1.29, 1.82) is 0 Å². The van der Waals surface area contributed by atoms with E-state index in [4.69, 9.17) is 13.7 Å². The maximum atomic E-state index is 14.4. The van der Waals surface area contributed by atoms with Gasteiger partial charge in [0.2, 0.25) is 17.7 Å². The number of nitrogens with zero attached hydrogens (tertiary/aromatic N) is 2. The molecule has 270 valence electrons. The fourth-order valence-electron chi connectivity index (χ4n) is 6.75. The van der Waals surface area contributed by atoms with Crippen LogP contribution >= 0.6 is 0 Å². The van der Waals surface area contributed by atoms with Crippen molar-refractivity contribution >= 4 is 44.9 Å². The van der Waals surface area contributed by atoms with Crippen LogP contribution in [-0.2, 0) is 33.6 Å². The number of hydrogen-bond donors (Lipinski definition) is 3. The summed E-state index contributed by atoms with van der Waals surface area (Å²) < 4.78 is 43.9. The molecule has 2 heterocycles. The number of amides is 4. The average molecular weight is 712 g/mol. The smallest absolute Gasteiger partial charge is 0.408 e. The van der Waals surface area contributed by atoms with Gasteiger partial charge >= 0.3 is 16.4 Å². The SMILES string of the molecule is C=CC1CC1(NC(=O)C1CC(Oc2nccc3ccccc23)CN1C(=O)C(NC(=O)OC1CCCC1)C(C)(C)C)C(=O)NS(=O)(=O)OC1CC1. The molecule has 0 spiro atoms. The topological polar surface area (TPSA) is 182 Å². The number of hydrogen-bond acceptors (Lipinski definition) is 10. The van der Waals surface area contributed by atoms with Gasteiger partial charge in [0.15, 0.2) is 0 Å². The standard InChI is InChI=1S/C35H45N5O9S/c1-5-22-19-35(22,32(43)39-50(45,46)49-24-14-15-24)38-29(41)27-18-25(47-30-26-13-9-6-10-21(26)16-17-36-30)20-40(27)31(42)28(34(2,3)4)37-33(44)48-23-11-7-8-12-23/h5-6,9-10,13,16-17,22-25,27-28H,1,7-8,11-12,14-15,18-20H2,2-4H3,(H,37,44)(H,38,41)(H,39,43). The first-order valence-corrected chi connectivity index (χ1v) is 18.6. The minimum Gasteiger partial charge on any atom is -0.472 e. The Balaban J connectivity index is 1.25. The zero-order chi connectivity index (χ0) is 35.8. The fraction of sp³-hybridized carbons (Fsp3) is 0.571. The van der Waals surface area contributed by atoms with Crippen LogP contribution in [0, 0.1) is 11.3 Å². The molecule has 4 amide bonds. The molecule has 0 radical (unpaired) electrons. The van der Waals surface area contributed by atoms with E-state index in [0.717, 1.165) is 36.5 Å². The van der Waals surface area contributed by atoms with Gasteiger partial charge in [0.1, 0.15) is 29.8 Å². The summed E-state index contributed by atoms with van der Waals surface area (Å²) in [6.07, 6.45) is 5.69. The number of likely N-dealkylation sites (tertiary alicyclic amines) is 1. The molecule has 3 N–H and O–H groups in total. The van der Waals surface area contributed by atoms with Crippen LogP contribution in [0.1, 0.15) is 72.1 Å². The first-order chi connectivity index (χ1) is 23.7. The maximum absolute atomic E-state index is 14.4. The monoisotopic (exact) mass is 711 g/mol. The average Bonchev–Trinajstić information content (AvgIpc) is 3.89. The molecule has 15 heteroatoms. The molecular weight excluding hydrogens is 666 g/mol. The Morgan fingerprint density at radius 1 is 1.04 bits per heavy atom. The fourth-order valence-corrected chi connectivity index (χ4v) is 7.76. The summed E-state index contributed by atoms with van der Waals surface area (Å²) in [5.41, 5.74) is -2.40. The summed E-state index contributed by atoms with van der Waals surface area (Å²) in [7, 11) is -4.41. The lowest BCUT2D eigenvalue weighted by molar-refractivity contribution is -0.143. The number of rotatable bonds is 12. The van der Waals surface area contributed by atoms with Crippen LogP contribution in [-0.4, -0.2) is 84.6 Å². The zero-order valence-corrected chi connectivity index (χ0v) is 29.4. The van der Waals surface area contributed by atoms with Gasteiger partial charge in [0.05, 0.1) is 12.6 Å². The van der Waals surface area contributed by atoms with Crippen molar-refractivity contribution in [2.75, 3.05) is 6.54 Å². The highest BCUT2D eigenvalue weighted by atomic mass is 32.2. The van der Waals surface area contributed by atoms with Gasteiger partial charge in [-0.2, -0.15) is 8.42 Å². The lowest BCUT2D eigenvalue weighted by atomic mass is 9.85. The first-order valence-electron chi connectivity index (χ1n) is 17.2. The number of ether oxygens (including phenoxy) is 2. The highest BCUT2D eigenvalue weighted by molar-refractivity contribution is 7.85. The van der Waals surface area contributed by atoms with Gasteiger partial charge in [0.25, 0.3) is 5.91 Å². The van der Waals surface area contributed by atoms with Gasteiger partial charge in [-0.15, -0.1) is 6.58 Å². The quantitative estimate of drug-likeness (QED) is 0.277. The Kier molecular flexibility index (Phi) is 9.83. The highest BCUT2D eigenvalue weighted by Crippen LogP contribution is 2.45. The van der Waals surface area contributed by atoms with E-state index in [-0.39, 0.29) is 25.5 Å². The van der Waals surface area contributed by atoms with Crippen LogP contribution in [0.4, 0.5) is 4.79 Å². The predicted octanol–water partition coefficient (Wildman–Crippen LogP) is 3.27. The van der Waals surface area contributed by atoms with Crippen molar-refractivity contribution in [1.82, 2.24) is 25.2 Å². The molecular formula is C35H45N5O9S. The largest absolute Gasteiger partial charge is 0.472 e. The van der Waals surface area contributed by atoms with Crippen molar-refractivity contribution in [2.24, 2.45) is 11.3 Å². The molecule has 3 saturated carbocycles. The Morgan fingerprint density at radius 3 is 2.42 bits per heavy atom. The molecule has 4 fully saturated rings. The van der Waals surface area contributed by atoms with E-state index >= 15 is 0 Å². The predicted molar refractivity (Wildman–Crippen MR) is 182 cm³/mol. The summed E-state index contributed by atoms with van der Waals surface area (Å²) in [4.78, 5) is 60.8. The minimum atomic E-state index is -4.41. The molecule has 1 aliphatic heterocycles. The molecule has 6 rings (SSSR count). The van der Waals surface area contributed by atoms with Crippen molar-refractivity contribution in [3.63, 3.8) is 0 Å². The Morgan fingerprint density at radius 2 is 1.76 bits per heavy atom. The molecule has 3 aliphatic carbocycles. The van der Waals surface area contributed by atoms with E-state index < -0.39 is 75.3 Å². The van der Waals surface area contributed by atoms with Gasteiger partial charge < -0.3 is 25.0 Å². The number of benzene rings is 1. The highest BCUT2D eigenvalue weighted by Gasteiger charge is 2.62. The summed E-state index contributed by atoms with van der Waals surface area (Å²) >= 11 is 0. The molecule has 5 atom stereocenters. The molecule has 1 aromatic heterocycles. The number of nitrogens with one attached hydrogen (secondary N) is 3. The van der Waals surface area contributed by atoms with Gasteiger partial charge in [0, 0.05) is 23.9 Å². The lowest BCUT2D eigenvalue weighted by Crippen LogP contribution is -2.60. The van der Waals surface area contributed by atoms with Crippen molar-refractivity contribution in [3.05, 3.63) is 49.2 Å². The van der Waals surface area contributed by atoms with Crippen LogP contribution in [0.3, 0.4) is 0 Å². The van der Waals surface area contributed by atoms with E-state index in [9.17, 15) is 27.6 Å². The van der Waals surface area contributed by atoms with Gasteiger partial charge in [-0.1, -0.05) is 45.0 Å². The summed E-state index contributed by atoms with van der Waals surface area (Å²) in [6.45, 7) is 9.12. The Hall–Kier alpha value is -4.24. The molecule has 2 aromatic rings. The van der Waals surface area contributed by atoms with Crippen LogP contribution in [0.2, 0.25) is 0 Å². The van der Waals surface area contributed by atoms with E-state index in [1.54, 1.807) is 27.0 Å². The minimum absolute atomic E-state index is 0.0263. The third kappa shape index (κ3) is 7.88. The number of alkyl carbamates (subject to hydrolysis) is 1. The number of pyridine rings is 1. The van der Waals surface area contributed by atoms with E-state index in [0.29, 0.717) is 18.7 Å². The van der Waals surface area contributed by atoms with Crippen LogP contribution < -0.4 is 20.1 Å². The molecule has 4 aliphatic rings. The van der Waals surface area contributed by atoms with Crippen molar-refractivity contribution in [2.45, 2.75) is 108 Å². The molecule has 1 aromatic carbocycles. The third-order valence-electron chi connectivity index (χ3n) is 9.77. The van der Waals surface area contributed by atoms with Crippen molar-refractivity contribution in [3.8, 4) is 5.88 Å². The zero-order valence-electron chi connectivity index (χ0n) is 28.6. The van der Waals surface area contributed by atoms with E-state index in [2.05, 4.69) is 22.2 Å². The lowest BCUT2D eigenvalue weighted by Gasteiger charge is -2.35. The second-order valence-electron chi connectivity index (χ2n) is 14.8. The molecule has 14 nitrogen and oxygen atoms in total. The Bertz CT molecular complexity index is 1760. The maximum Gasteiger partial charge on any atom is 0.408 e. The second-order valence-corrected chi connectivity index (χ2v) is 16.1. The molecule has 50 heavy (non-hydrogen) atoms. The van der Waals surface area contributed by atoms with Crippen LogP contribution in [0.15, 0.2) is 49.2 Å². The summed E-state index contributed by atoms with van der Waals surface area (Å²) in [5, 5.41) is 7.15. The Labute approximate surface area is 291 Å². The first kappa shape index (κ1) is 35.6.